The first kappa shape index (κ1) is 10.2. The molecule has 2 heteroatoms. The number of aryl methyl sites for hydroxylation is 2. The van der Waals surface area contributed by atoms with Gasteiger partial charge in [0.1, 0.15) is 0 Å². The summed E-state index contributed by atoms with van der Waals surface area (Å²) in [6.07, 6.45) is 1.60. The van der Waals surface area contributed by atoms with Crippen molar-refractivity contribution in [2.45, 2.75) is 26.4 Å². The fraction of sp³-hybridized carbons (Fsp3) is 0.455. The van der Waals surface area contributed by atoms with E-state index in [1.807, 2.05) is 25.1 Å². The van der Waals surface area contributed by atoms with Crippen molar-refractivity contribution in [2.75, 3.05) is 6.61 Å². The maximum atomic E-state index is 9.08. The van der Waals surface area contributed by atoms with Gasteiger partial charge in [-0.3, -0.25) is 0 Å². The van der Waals surface area contributed by atoms with Crippen molar-refractivity contribution in [1.82, 2.24) is 0 Å². The van der Waals surface area contributed by atoms with E-state index in [4.69, 9.17) is 10.2 Å². The van der Waals surface area contributed by atoms with Gasteiger partial charge in [-0.2, -0.15) is 0 Å². The van der Waals surface area contributed by atoms with Crippen LogP contribution in [0.3, 0.4) is 0 Å². The smallest absolute Gasteiger partial charge is 0.0684 e. The zero-order chi connectivity index (χ0) is 9.68. The molecule has 0 radical (unpaired) electrons. The van der Waals surface area contributed by atoms with Crippen LogP contribution in [-0.4, -0.2) is 16.8 Å². The molecule has 72 valence electrons. The Balaban J connectivity index is 2.79. The molecular formula is C11H16O2. The molecule has 2 nitrogen and oxygen atoms in total. The third-order valence-electron chi connectivity index (χ3n) is 2.14. The van der Waals surface area contributed by atoms with Gasteiger partial charge in [0.2, 0.25) is 0 Å². The lowest BCUT2D eigenvalue weighted by atomic mass is 10.0. The normalized spacial score (nSPS) is 10.4. The van der Waals surface area contributed by atoms with Gasteiger partial charge in [-0.05, 0) is 30.9 Å². The highest BCUT2D eigenvalue weighted by atomic mass is 16.3. The Morgan fingerprint density at radius 3 is 2.54 bits per heavy atom. The molecular weight excluding hydrogens is 164 g/mol. The molecule has 1 rings (SSSR count). The van der Waals surface area contributed by atoms with Crippen LogP contribution in [0.25, 0.3) is 0 Å². The van der Waals surface area contributed by atoms with Crippen molar-refractivity contribution < 1.29 is 10.2 Å². The van der Waals surface area contributed by atoms with E-state index >= 15 is 0 Å². The summed E-state index contributed by atoms with van der Waals surface area (Å²) in [6, 6.07) is 6.05. The number of hydrogen-bond acceptors (Lipinski definition) is 2. The van der Waals surface area contributed by atoms with Gasteiger partial charge in [-0.15, -0.1) is 0 Å². The van der Waals surface area contributed by atoms with Crippen molar-refractivity contribution in [2.24, 2.45) is 0 Å². The van der Waals surface area contributed by atoms with Gasteiger partial charge in [-0.25, -0.2) is 0 Å². The maximum Gasteiger partial charge on any atom is 0.0684 e. The Kier molecular flexibility index (Phi) is 3.93. The minimum atomic E-state index is 0.0858. The summed E-state index contributed by atoms with van der Waals surface area (Å²) < 4.78 is 0. The summed E-state index contributed by atoms with van der Waals surface area (Å²) in [7, 11) is 0. The molecule has 0 aliphatic rings. The van der Waals surface area contributed by atoms with Crippen molar-refractivity contribution in [3.8, 4) is 0 Å². The van der Waals surface area contributed by atoms with Crippen molar-refractivity contribution in [3.05, 3.63) is 34.9 Å². The summed E-state index contributed by atoms with van der Waals surface area (Å²) in [5.41, 5.74) is 3.28. The van der Waals surface area contributed by atoms with Crippen LogP contribution in [0.2, 0.25) is 0 Å². The second-order valence-electron chi connectivity index (χ2n) is 3.26. The van der Waals surface area contributed by atoms with Gasteiger partial charge in [0.05, 0.1) is 6.61 Å². The molecule has 1 aromatic carbocycles. The molecule has 0 aliphatic heterocycles. The molecule has 0 atom stereocenters. The highest BCUT2D eigenvalue weighted by Crippen LogP contribution is 2.13. The molecule has 0 aliphatic carbocycles. The molecule has 0 fully saturated rings. The second-order valence-corrected chi connectivity index (χ2v) is 3.26. The van der Waals surface area contributed by atoms with E-state index in [0.717, 1.165) is 29.5 Å². The molecule has 0 spiro atoms. The summed E-state index contributed by atoms with van der Waals surface area (Å²) >= 11 is 0. The maximum absolute atomic E-state index is 9.08. The molecule has 0 aromatic heterocycles. The van der Waals surface area contributed by atoms with Crippen molar-refractivity contribution in [1.29, 1.82) is 0 Å². The standard InChI is InChI=1S/C11H16O2/c1-9-4-5-10(3-2-6-12)11(7-9)8-13/h4-5,7,12-13H,2-3,6,8H2,1H3. The Labute approximate surface area is 78.8 Å². The molecule has 0 saturated heterocycles. The summed E-state index contributed by atoms with van der Waals surface area (Å²) in [5.74, 6) is 0. The van der Waals surface area contributed by atoms with Gasteiger partial charge < -0.3 is 10.2 Å². The third kappa shape index (κ3) is 2.83. The number of aliphatic hydroxyl groups excluding tert-OH is 2. The first-order valence-electron chi connectivity index (χ1n) is 4.58. The molecule has 2 N–H and O–H groups in total. The highest BCUT2D eigenvalue weighted by molar-refractivity contribution is 5.31. The lowest BCUT2D eigenvalue weighted by molar-refractivity contribution is 0.276. The minimum Gasteiger partial charge on any atom is -0.396 e. The average molecular weight is 180 g/mol. The molecule has 1 aromatic rings. The quantitative estimate of drug-likeness (QED) is 0.735. The van der Waals surface area contributed by atoms with Crippen LogP contribution >= 0.6 is 0 Å². The van der Waals surface area contributed by atoms with Gasteiger partial charge in [0, 0.05) is 6.61 Å². The Bertz CT molecular complexity index is 269. The van der Waals surface area contributed by atoms with E-state index in [9.17, 15) is 0 Å². The van der Waals surface area contributed by atoms with Crippen molar-refractivity contribution >= 4 is 0 Å². The second kappa shape index (κ2) is 5.00. The van der Waals surface area contributed by atoms with E-state index in [2.05, 4.69) is 0 Å². The van der Waals surface area contributed by atoms with E-state index in [-0.39, 0.29) is 13.2 Å². The fourth-order valence-electron chi connectivity index (χ4n) is 1.42. The summed E-state index contributed by atoms with van der Waals surface area (Å²) in [5, 5.41) is 17.8. The number of hydrogen-bond donors (Lipinski definition) is 2. The molecule has 0 saturated carbocycles. The van der Waals surface area contributed by atoms with Gasteiger partial charge in [-0.1, -0.05) is 23.8 Å². The Hall–Kier alpha value is -0.860. The molecule has 0 unspecified atom stereocenters. The minimum absolute atomic E-state index is 0.0858. The van der Waals surface area contributed by atoms with Crippen LogP contribution in [0.1, 0.15) is 23.1 Å². The first-order chi connectivity index (χ1) is 6.27. The van der Waals surface area contributed by atoms with Crippen molar-refractivity contribution in [3.63, 3.8) is 0 Å². The van der Waals surface area contributed by atoms with Crippen LogP contribution in [0.15, 0.2) is 18.2 Å². The van der Waals surface area contributed by atoms with E-state index in [0.29, 0.717) is 0 Å². The van der Waals surface area contributed by atoms with Crippen LogP contribution in [0.4, 0.5) is 0 Å². The number of aliphatic hydroxyl groups is 2. The molecule has 0 heterocycles. The molecule has 0 bridgehead atoms. The van der Waals surface area contributed by atoms with E-state index < -0.39 is 0 Å². The Morgan fingerprint density at radius 1 is 1.15 bits per heavy atom. The lowest BCUT2D eigenvalue weighted by Crippen LogP contribution is -1.96. The zero-order valence-corrected chi connectivity index (χ0v) is 7.95. The van der Waals surface area contributed by atoms with Crippen LogP contribution < -0.4 is 0 Å². The fourth-order valence-corrected chi connectivity index (χ4v) is 1.42. The first-order valence-corrected chi connectivity index (χ1v) is 4.58. The highest BCUT2D eigenvalue weighted by Gasteiger charge is 2.00. The molecule has 0 amide bonds. The monoisotopic (exact) mass is 180 g/mol. The SMILES string of the molecule is Cc1ccc(CCCO)c(CO)c1. The largest absolute Gasteiger partial charge is 0.396 e. The lowest BCUT2D eigenvalue weighted by Gasteiger charge is -2.07. The predicted molar refractivity (Wildman–Crippen MR) is 52.5 cm³/mol. The average Bonchev–Trinajstić information content (AvgIpc) is 2.16. The van der Waals surface area contributed by atoms with Crippen LogP contribution in [-0.2, 0) is 13.0 Å². The van der Waals surface area contributed by atoms with E-state index in [1.165, 1.54) is 0 Å². The topological polar surface area (TPSA) is 40.5 Å². The number of rotatable bonds is 4. The Morgan fingerprint density at radius 2 is 1.92 bits per heavy atom. The molecule has 13 heavy (non-hydrogen) atoms. The van der Waals surface area contributed by atoms with Gasteiger partial charge in [0.15, 0.2) is 0 Å². The van der Waals surface area contributed by atoms with Crippen LogP contribution in [0.5, 0.6) is 0 Å². The van der Waals surface area contributed by atoms with E-state index in [1.54, 1.807) is 0 Å². The summed E-state index contributed by atoms with van der Waals surface area (Å²) in [6.45, 7) is 2.30. The van der Waals surface area contributed by atoms with Crippen LogP contribution in [0, 0.1) is 6.92 Å². The van der Waals surface area contributed by atoms with Gasteiger partial charge >= 0.3 is 0 Å². The predicted octanol–water partition coefficient (Wildman–Crippen LogP) is 1.41. The number of benzene rings is 1. The third-order valence-corrected chi connectivity index (χ3v) is 2.14. The summed E-state index contributed by atoms with van der Waals surface area (Å²) in [4.78, 5) is 0. The van der Waals surface area contributed by atoms with Gasteiger partial charge in [0.25, 0.3) is 0 Å². The zero-order valence-electron chi connectivity index (χ0n) is 7.95.